The standard InChI is InChI=1S/C13H18OS2/c1-13(2,3)16-9-12(14)10-5-7-11(15-4)8-6-10/h5-8H,9H2,1-4H3. The summed E-state index contributed by atoms with van der Waals surface area (Å²) >= 11 is 3.38. The molecule has 0 N–H and O–H groups in total. The molecule has 0 aromatic heterocycles. The average Bonchev–Trinajstić information content (AvgIpc) is 2.25. The van der Waals surface area contributed by atoms with Crippen LogP contribution >= 0.6 is 23.5 Å². The van der Waals surface area contributed by atoms with Gasteiger partial charge in [-0.15, -0.1) is 23.5 Å². The third kappa shape index (κ3) is 4.62. The van der Waals surface area contributed by atoms with Crippen molar-refractivity contribution in [1.29, 1.82) is 0 Å². The summed E-state index contributed by atoms with van der Waals surface area (Å²) in [5, 5.41) is 0. The Morgan fingerprint density at radius 3 is 2.19 bits per heavy atom. The Balaban J connectivity index is 2.59. The summed E-state index contributed by atoms with van der Waals surface area (Å²) in [6, 6.07) is 7.83. The first-order valence-electron chi connectivity index (χ1n) is 5.23. The SMILES string of the molecule is CSc1ccc(C(=O)CSC(C)(C)C)cc1. The summed E-state index contributed by atoms with van der Waals surface area (Å²) in [4.78, 5) is 13.1. The molecule has 0 bridgehead atoms. The van der Waals surface area contributed by atoms with E-state index in [2.05, 4.69) is 20.8 Å². The van der Waals surface area contributed by atoms with Gasteiger partial charge in [0.15, 0.2) is 5.78 Å². The lowest BCUT2D eigenvalue weighted by Crippen LogP contribution is -2.13. The van der Waals surface area contributed by atoms with Crippen molar-refractivity contribution < 1.29 is 4.79 Å². The monoisotopic (exact) mass is 254 g/mol. The smallest absolute Gasteiger partial charge is 0.172 e. The van der Waals surface area contributed by atoms with Crippen molar-refractivity contribution >= 4 is 29.3 Å². The number of ketones is 1. The third-order valence-corrected chi connectivity index (χ3v) is 4.06. The maximum Gasteiger partial charge on any atom is 0.172 e. The van der Waals surface area contributed by atoms with E-state index in [9.17, 15) is 4.79 Å². The topological polar surface area (TPSA) is 17.1 Å². The van der Waals surface area contributed by atoms with Gasteiger partial charge in [0.05, 0.1) is 5.75 Å². The fourth-order valence-corrected chi connectivity index (χ4v) is 2.28. The molecular formula is C13H18OS2. The van der Waals surface area contributed by atoms with Crippen LogP contribution in [0.25, 0.3) is 0 Å². The van der Waals surface area contributed by atoms with E-state index >= 15 is 0 Å². The first kappa shape index (κ1) is 13.7. The molecule has 0 unspecified atom stereocenters. The van der Waals surface area contributed by atoms with Crippen molar-refractivity contribution in [3.8, 4) is 0 Å². The van der Waals surface area contributed by atoms with Crippen LogP contribution in [0.2, 0.25) is 0 Å². The molecular weight excluding hydrogens is 236 g/mol. The molecule has 0 saturated carbocycles. The molecule has 1 rings (SSSR count). The first-order chi connectivity index (χ1) is 7.42. The van der Waals surface area contributed by atoms with E-state index in [-0.39, 0.29) is 10.5 Å². The minimum atomic E-state index is 0.148. The Bertz CT molecular complexity index is 349. The van der Waals surface area contributed by atoms with E-state index < -0.39 is 0 Å². The van der Waals surface area contributed by atoms with Crippen molar-refractivity contribution in [3.05, 3.63) is 29.8 Å². The summed E-state index contributed by atoms with van der Waals surface area (Å²) in [6.07, 6.45) is 2.03. The van der Waals surface area contributed by atoms with Crippen LogP contribution in [0.1, 0.15) is 31.1 Å². The molecule has 0 aliphatic rings. The number of benzene rings is 1. The quantitative estimate of drug-likeness (QED) is 0.594. The van der Waals surface area contributed by atoms with Gasteiger partial charge in [-0.05, 0) is 18.4 Å². The van der Waals surface area contributed by atoms with Crippen molar-refractivity contribution in [2.24, 2.45) is 0 Å². The van der Waals surface area contributed by atoms with E-state index in [1.165, 1.54) is 4.90 Å². The molecule has 0 saturated heterocycles. The highest BCUT2D eigenvalue weighted by atomic mass is 32.2. The van der Waals surface area contributed by atoms with E-state index in [0.29, 0.717) is 5.75 Å². The van der Waals surface area contributed by atoms with Crippen LogP contribution in [0.15, 0.2) is 29.2 Å². The summed E-state index contributed by atoms with van der Waals surface area (Å²) in [5.41, 5.74) is 0.814. The number of carbonyl (C=O) groups excluding carboxylic acids is 1. The first-order valence-corrected chi connectivity index (χ1v) is 7.44. The lowest BCUT2D eigenvalue weighted by molar-refractivity contribution is 0.102. The summed E-state index contributed by atoms with van der Waals surface area (Å²) in [7, 11) is 0. The molecule has 0 aliphatic heterocycles. The second-order valence-corrected chi connectivity index (χ2v) is 7.23. The molecule has 0 fully saturated rings. The van der Waals surface area contributed by atoms with Gasteiger partial charge >= 0.3 is 0 Å². The van der Waals surface area contributed by atoms with Gasteiger partial charge < -0.3 is 0 Å². The zero-order chi connectivity index (χ0) is 12.2. The van der Waals surface area contributed by atoms with Crippen LogP contribution < -0.4 is 0 Å². The zero-order valence-corrected chi connectivity index (χ0v) is 11.9. The Morgan fingerprint density at radius 2 is 1.75 bits per heavy atom. The van der Waals surface area contributed by atoms with Crippen molar-refractivity contribution in [2.75, 3.05) is 12.0 Å². The van der Waals surface area contributed by atoms with Crippen molar-refractivity contribution in [2.45, 2.75) is 30.4 Å². The molecule has 0 amide bonds. The van der Waals surface area contributed by atoms with E-state index in [0.717, 1.165) is 5.56 Å². The molecule has 3 heteroatoms. The van der Waals surface area contributed by atoms with Gasteiger partial charge in [0, 0.05) is 15.2 Å². The maximum atomic E-state index is 11.9. The predicted molar refractivity (Wildman–Crippen MR) is 74.8 cm³/mol. The van der Waals surface area contributed by atoms with Gasteiger partial charge in [0.2, 0.25) is 0 Å². The van der Waals surface area contributed by atoms with Gasteiger partial charge in [0.1, 0.15) is 0 Å². The van der Waals surface area contributed by atoms with E-state index in [4.69, 9.17) is 0 Å². The minimum Gasteiger partial charge on any atom is -0.293 e. The lowest BCUT2D eigenvalue weighted by atomic mass is 10.1. The molecule has 88 valence electrons. The molecule has 1 nitrogen and oxygen atoms in total. The van der Waals surface area contributed by atoms with Gasteiger partial charge in [-0.3, -0.25) is 4.79 Å². The van der Waals surface area contributed by atoms with Gasteiger partial charge in [-0.1, -0.05) is 32.9 Å². The van der Waals surface area contributed by atoms with Gasteiger partial charge in [0.25, 0.3) is 0 Å². The van der Waals surface area contributed by atoms with Crippen LogP contribution in [-0.2, 0) is 0 Å². The molecule has 0 spiro atoms. The second-order valence-electron chi connectivity index (χ2n) is 4.55. The number of hydrogen-bond acceptors (Lipinski definition) is 3. The lowest BCUT2D eigenvalue weighted by Gasteiger charge is -2.16. The molecule has 1 aromatic rings. The van der Waals surface area contributed by atoms with Crippen LogP contribution in [0.3, 0.4) is 0 Å². The molecule has 0 aliphatic carbocycles. The summed E-state index contributed by atoms with van der Waals surface area (Å²) < 4.78 is 0.148. The Morgan fingerprint density at radius 1 is 1.19 bits per heavy atom. The summed E-state index contributed by atoms with van der Waals surface area (Å²) in [5.74, 6) is 0.773. The Kier molecular flexibility index (Phi) is 4.93. The highest BCUT2D eigenvalue weighted by Gasteiger charge is 2.14. The molecule has 1 aromatic carbocycles. The number of rotatable bonds is 4. The van der Waals surface area contributed by atoms with Crippen molar-refractivity contribution in [1.82, 2.24) is 0 Å². The third-order valence-electron chi connectivity index (χ3n) is 2.05. The van der Waals surface area contributed by atoms with Crippen molar-refractivity contribution in [3.63, 3.8) is 0 Å². The van der Waals surface area contributed by atoms with Gasteiger partial charge in [-0.25, -0.2) is 0 Å². The Hall–Kier alpha value is -0.410. The molecule has 0 heterocycles. The van der Waals surface area contributed by atoms with E-state index in [1.807, 2.05) is 30.5 Å². The average molecular weight is 254 g/mol. The normalized spacial score (nSPS) is 11.5. The largest absolute Gasteiger partial charge is 0.293 e. The van der Waals surface area contributed by atoms with Crippen LogP contribution in [0, 0.1) is 0 Å². The minimum absolute atomic E-state index is 0.148. The highest BCUT2D eigenvalue weighted by molar-refractivity contribution is 8.01. The number of Topliss-reactive ketones (excluding diaryl/α,β-unsaturated/α-hetero) is 1. The highest BCUT2D eigenvalue weighted by Crippen LogP contribution is 2.24. The number of carbonyl (C=O) groups is 1. The number of hydrogen-bond donors (Lipinski definition) is 0. The fourth-order valence-electron chi connectivity index (χ4n) is 1.14. The van der Waals surface area contributed by atoms with Gasteiger partial charge in [-0.2, -0.15) is 0 Å². The predicted octanol–water partition coefficient (Wildman–Crippen LogP) is 4.12. The molecule has 16 heavy (non-hydrogen) atoms. The fraction of sp³-hybridized carbons (Fsp3) is 0.462. The van der Waals surface area contributed by atoms with Crippen LogP contribution in [0.5, 0.6) is 0 Å². The second kappa shape index (κ2) is 5.78. The molecule has 0 atom stereocenters. The Labute approximate surface area is 106 Å². The number of thioether (sulfide) groups is 2. The van der Waals surface area contributed by atoms with Crippen LogP contribution in [0.4, 0.5) is 0 Å². The molecule has 0 radical (unpaired) electrons. The zero-order valence-electron chi connectivity index (χ0n) is 10.2. The van der Waals surface area contributed by atoms with E-state index in [1.54, 1.807) is 23.5 Å². The summed E-state index contributed by atoms with van der Waals surface area (Å²) in [6.45, 7) is 6.38. The van der Waals surface area contributed by atoms with Crippen LogP contribution in [-0.4, -0.2) is 22.5 Å². The maximum absolute atomic E-state index is 11.9.